The number of benzene rings is 1. The van der Waals surface area contributed by atoms with Crippen LogP contribution in [0, 0.1) is 11.8 Å². The van der Waals surface area contributed by atoms with E-state index in [9.17, 15) is 27.2 Å². The number of rotatable bonds is 4. The normalized spacial score (nSPS) is 26.9. The van der Waals surface area contributed by atoms with Crippen molar-refractivity contribution in [2.45, 2.75) is 116 Å². The van der Waals surface area contributed by atoms with Crippen molar-refractivity contribution >= 4 is 17.5 Å². The van der Waals surface area contributed by atoms with Crippen LogP contribution in [-0.2, 0) is 9.59 Å². The average Bonchev–Trinajstić information content (AvgIpc) is 3.45. The molecule has 4 nitrogen and oxygen atoms in total. The first-order valence-corrected chi connectivity index (χ1v) is 13.2. The highest BCUT2D eigenvalue weighted by atomic mass is 19.3. The first kappa shape index (κ1) is 31.8. The van der Waals surface area contributed by atoms with E-state index in [0.717, 1.165) is 18.4 Å². The molecule has 1 aromatic carbocycles. The molecule has 0 unspecified atom stereocenters. The van der Waals surface area contributed by atoms with Crippen LogP contribution in [-0.4, -0.2) is 40.6 Å². The number of halogens is 4. The summed E-state index contributed by atoms with van der Waals surface area (Å²) >= 11 is 0. The zero-order chi connectivity index (χ0) is 25.9. The first-order valence-electron chi connectivity index (χ1n) is 13.2. The Labute approximate surface area is 225 Å². The molecule has 2 saturated carbocycles. The molecule has 2 aliphatic carbocycles. The van der Waals surface area contributed by atoms with Gasteiger partial charge in [-0.3, -0.25) is 9.59 Å². The Morgan fingerprint density at radius 3 is 1.82 bits per heavy atom. The van der Waals surface area contributed by atoms with Gasteiger partial charge in [0.2, 0.25) is 23.7 Å². The van der Waals surface area contributed by atoms with Crippen LogP contribution in [0.3, 0.4) is 0 Å². The Morgan fingerprint density at radius 2 is 1.32 bits per heavy atom. The van der Waals surface area contributed by atoms with Crippen LogP contribution in [0.2, 0.25) is 0 Å². The van der Waals surface area contributed by atoms with Crippen LogP contribution in [0.5, 0.6) is 0 Å². The second kappa shape index (κ2) is 13.1. The van der Waals surface area contributed by atoms with Crippen molar-refractivity contribution in [3.63, 3.8) is 0 Å². The van der Waals surface area contributed by atoms with Crippen molar-refractivity contribution in [3.05, 3.63) is 42.5 Å². The Hall–Kier alpha value is -2.38. The van der Waals surface area contributed by atoms with Crippen LogP contribution < -0.4 is 5.32 Å². The van der Waals surface area contributed by atoms with Gasteiger partial charge in [0, 0.05) is 56.3 Å². The fraction of sp³-hybridized carbons (Fsp3) is 0.667. The molecule has 1 aromatic rings. The maximum absolute atomic E-state index is 13.4. The monoisotopic (exact) mass is 540 g/mol. The van der Waals surface area contributed by atoms with Gasteiger partial charge in [-0.1, -0.05) is 51.8 Å². The average molecular weight is 541 g/mol. The van der Waals surface area contributed by atoms with Gasteiger partial charge >= 0.3 is 0 Å². The van der Waals surface area contributed by atoms with E-state index >= 15 is 0 Å². The second-order valence-electron chi connectivity index (χ2n) is 10.8. The summed E-state index contributed by atoms with van der Waals surface area (Å²) in [4.78, 5) is 25.0. The van der Waals surface area contributed by atoms with Gasteiger partial charge in [-0.2, -0.15) is 0 Å². The molecular formula is C30H44F4N2O2. The molecule has 2 aliphatic heterocycles. The van der Waals surface area contributed by atoms with Gasteiger partial charge in [0.05, 0.1) is 0 Å². The predicted molar refractivity (Wildman–Crippen MR) is 144 cm³/mol. The number of carbonyl (C=O) groups is 2. The van der Waals surface area contributed by atoms with Crippen molar-refractivity contribution in [1.29, 1.82) is 0 Å². The molecule has 1 N–H and O–H groups in total. The molecule has 4 aliphatic rings. The molecule has 2 saturated heterocycles. The number of amides is 2. The molecule has 5 rings (SSSR count). The Morgan fingerprint density at radius 1 is 0.789 bits per heavy atom. The smallest absolute Gasteiger partial charge is 0.248 e. The van der Waals surface area contributed by atoms with Crippen LogP contribution in [0.4, 0.5) is 17.6 Å². The van der Waals surface area contributed by atoms with Gasteiger partial charge in [-0.15, -0.1) is 0 Å². The van der Waals surface area contributed by atoms with Crippen molar-refractivity contribution < 1.29 is 27.2 Å². The zero-order valence-electron chi connectivity index (χ0n) is 20.7. The second-order valence-corrected chi connectivity index (χ2v) is 10.8. The third kappa shape index (κ3) is 7.82. The molecule has 38 heavy (non-hydrogen) atoms. The topological polar surface area (TPSA) is 49.4 Å². The van der Waals surface area contributed by atoms with Crippen molar-refractivity contribution in [2.75, 3.05) is 0 Å². The highest BCUT2D eigenvalue weighted by molar-refractivity contribution is 5.88. The molecule has 0 bridgehead atoms. The van der Waals surface area contributed by atoms with E-state index in [2.05, 4.69) is 11.9 Å². The molecule has 2 atom stereocenters. The minimum atomic E-state index is -2.53. The predicted octanol–water partition coefficient (Wildman–Crippen LogP) is 7.84. The highest BCUT2D eigenvalue weighted by Crippen LogP contribution is 2.43. The third-order valence-electron chi connectivity index (χ3n) is 8.32. The minimum absolute atomic E-state index is 0. The SMILES string of the molecule is C.C.C=C(c1ccccc1)N1C(=O)CC[C@H]1C1CCC(F)(F)CC1.O=C1CC[C@@H](C2CCC(F)(F)CC2)N1. The lowest BCUT2D eigenvalue weighted by Crippen LogP contribution is -2.39. The number of alkyl halides is 4. The lowest BCUT2D eigenvalue weighted by atomic mass is 9.81. The molecule has 214 valence electrons. The Bertz CT molecular complexity index is 933. The molecule has 0 spiro atoms. The fourth-order valence-electron chi connectivity index (χ4n) is 6.18. The molecule has 8 heteroatoms. The van der Waals surface area contributed by atoms with Crippen molar-refractivity contribution in [3.8, 4) is 0 Å². The van der Waals surface area contributed by atoms with E-state index in [-0.39, 0.29) is 76.3 Å². The van der Waals surface area contributed by atoms with E-state index in [1.807, 2.05) is 30.3 Å². The van der Waals surface area contributed by atoms with Gasteiger partial charge in [0.15, 0.2) is 0 Å². The molecule has 2 amide bonds. The molecule has 0 aromatic heterocycles. The van der Waals surface area contributed by atoms with Crippen LogP contribution >= 0.6 is 0 Å². The zero-order valence-corrected chi connectivity index (χ0v) is 20.7. The number of likely N-dealkylation sites (tertiary alicyclic amines) is 1. The number of nitrogens with one attached hydrogen (secondary N) is 1. The summed E-state index contributed by atoms with van der Waals surface area (Å²) in [7, 11) is 0. The highest BCUT2D eigenvalue weighted by Gasteiger charge is 2.43. The van der Waals surface area contributed by atoms with Gasteiger partial charge in [-0.25, -0.2) is 17.6 Å². The Kier molecular flexibility index (Phi) is 11.0. The number of hydrogen-bond acceptors (Lipinski definition) is 2. The minimum Gasteiger partial charge on any atom is -0.353 e. The van der Waals surface area contributed by atoms with Gasteiger partial charge in [0.1, 0.15) is 0 Å². The largest absolute Gasteiger partial charge is 0.353 e. The van der Waals surface area contributed by atoms with Crippen LogP contribution in [0.25, 0.3) is 5.70 Å². The summed E-state index contributed by atoms with van der Waals surface area (Å²) < 4.78 is 52.4. The molecule has 0 radical (unpaired) electrons. The van der Waals surface area contributed by atoms with Crippen LogP contribution in [0.15, 0.2) is 36.9 Å². The van der Waals surface area contributed by atoms with Gasteiger partial charge in [0.25, 0.3) is 0 Å². The van der Waals surface area contributed by atoms with E-state index in [1.54, 1.807) is 4.90 Å². The summed E-state index contributed by atoms with van der Waals surface area (Å²) in [6.45, 7) is 4.09. The number of hydrogen-bond donors (Lipinski definition) is 1. The van der Waals surface area contributed by atoms with Crippen LogP contribution in [0.1, 0.15) is 97.5 Å². The maximum atomic E-state index is 13.4. The van der Waals surface area contributed by atoms with E-state index in [1.165, 1.54) is 0 Å². The number of carbonyl (C=O) groups excluding carboxylic acids is 2. The summed E-state index contributed by atoms with van der Waals surface area (Å²) in [6.07, 6.45) is 4.58. The molecule has 2 heterocycles. The summed E-state index contributed by atoms with van der Waals surface area (Å²) in [6, 6.07) is 9.80. The Balaban J connectivity index is 0.000000276. The maximum Gasteiger partial charge on any atom is 0.248 e. The lowest BCUT2D eigenvalue weighted by Gasteiger charge is -2.37. The fourth-order valence-corrected chi connectivity index (χ4v) is 6.18. The summed E-state index contributed by atoms with van der Waals surface area (Å²) in [5, 5.41) is 2.87. The van der Waals surface area contributed by atoms with Gasteiger partial charge < -0.3 is 10.2 Å². The van der Waals surface area contributed by atoms with Crippen molar-refractivity contribution in [1.82, 2.24) is 10.2 Å². The van der Waals surface area contributed by atoms with E-state index in [4.69, 9.17) is 0 Å². The van der Waals surface area contributed by atoms with E-state index < -0.39 is 11.8 Å². The van der Waals surface area contributed by atoms with Crippen molar-refractivity contribution in [2.24, 2.45) is 11.8 Å². The molecule has 4 fully saturated rings. The number of nitrogens with zero attached hydrogens (tertiary/aromatic N) is 1. The quantitative estimate of drug-likeness (QED) is 0.396. The summed E-state index contributed by atoms with van der Waals surface area (Å²) in [5.74, 6) is -4.41. The first-order chi connectivity index (χ1) is 17.0. The summed E-state index contributed by atoms with van der Waals surface area (Å²) in [5.41, 5.74) is 1.62. The van der Waals surface area contributed by atoms with E-state index in [0.29, 0.717) is 44.2 Å². The van der Waals surface area contributed by atoms with Gasteiger partial charge in [-0.05, 0) is 55.9 Å². The lowest BCUT2D eigenvalue weighted by molar-refractivity contribution is -0.126. The standard InChI is InChI=1S/C18H21F2NO.C10H15F2NO.2CH4/c1-13(14-5-3-2-4-6-14)21-16(7-8-17(21)22)15-9-11-18(19,20)12-10-15;11-10(12)5-3-7(4-6-10)8-1-2-9(14)13-8;;/h2-6,15-16H,1,7-12H2;7-8H,1-6H2,(H,13,14);2*1H4/t16-;8-;;/m00../s1. The third-order valence-corrected chi connectivity index (χ3v) is 8.32. The molecular weight excluding hydrogens is 496 g/mol.